The van der Waals surface area contributed by atoms with Gasteiger partial charge in [-0.2, -0.15) is 5.26 Å². The van der Waals surface area contributed by atoms with Gasteiger partial charge in [0.2, 0.25) is 0 Å². The molecule has 0 spiro atoms. The Balaban J connectivity index is 1.78. The van der Waals surface area contributed by atoms with Gasteiger partial charge >= 0.3 is 0 Å². The van der Waals surface area contributed by atoms with Gasteiger partial charge in [0.1, 0.15) is 11.6 Å². The molecule has 0 radical (unpaired) electrons. The third-order valence-electron chi connectivity index (χ3n) is 4.52. The van der Waals surface area contributed by atoms with E-state index in [1.807, 2.05) is 6.07 Å². The number of aromatic amines is 1. The summed E-state index contributed by atoms with van der Waals surface area (Å²) in [6, 6.07) is 15.6. The van der Waals surface area contributed by atoms with Crippen LogP contribution >= 0.6 is 0 Å². The van der Waals surface area contributed by atoms with Gasteiger partial charge < -0.3 is 19.4 Å². The largest absolute Gasteiger partial charge is 0.481 e. The molecule has 0 fully saturated rings. The van der Waals surface area contributed by atoms with Crippen molar-refractivity contribution in [1.29, 1.82) is 5.26 Å². The van der Waals surface area contributed by atoms with Gasteiger partial charge in [-0.25, -0.2) is 4.98 Å². The standard InChI is InChI=1S/C22H22N4O4/c1-15(30-17-9-7-16(13-23)8-10-17)22(28)26(11-12-29-2)14-20-24-19-6-4-3-5-18(19)21(27)25-20/h3-10,15H,11-12,14H2,1-2H3,(H,24,25,27). The number of nitrogens with zero attached hydrogens (tertiary/aromatic N) is 3. The van der Waals surface area contributed by atoms with E-state index in [-0.39, 0.29) is 18.0 Å². The Kier molecular flexibility index (Phi) is 6.78. The van der Waals surface area contributed by atoms with Gasteiger partial charge in [-0.05, 0) is 43.3 Å². The molecule has 1 atom stereocenters. The second kappa shape index (κ2) is 9.67. The number of rotatable bonds is 8. The maximum absolute atomic E-state index is 13.0. The number of carbonyl (C=O) groups is 1. The Hall–Kier alpha value is -3.70. The van der Waals surface area contributed by atoms with Gasteiger partial charge in [-0.15, -0.1) is 0 Å². The molecule has 1 amide bonds. The molecule has 30 heavy (non-hydrogen) atoms. The molecular weight excluding hydrogens is 384 g/mol. The van der Waals surface area contributed by atoms with Crippen molar-refractivity contribution in [3.63, 3.8) is 0 Å². The maximum Gasteiger partial charge on any atom is 0.263 e. The van der Waals surface area contributed by atoms with Crippen molar-refractivity contribution in [2.75, 3.05) is 20.3 Å². The van der Waals surface area contributed by atoms with Crippen molar-refractivity contribution in [3.05, 3.63) is 70.3 Å². The average Bonchev–Trinajstić information content (AvgIpc) is 2.76. The maximum atomic E-state index is 13.0. The number of hydrogen-bond donors (Lipinski definition) is 1. The predicted octanol–water partition coefficient (Wildman–Crippen LogP) is 2.24. The number of hydrogen-bond acceptors (Lipinski definition) is 6. The molecule has 1 N–H and O–H groups in total. The molecule has 0 saturated heterocycles. The highest BCUT2D eigenvalue weighted by Gasteiger charge is 2.23. The highest BCUT2D eigenvalue weighted by molar-refractivity contribution is 5.81. The molecule has 8 nitrogen and oxygen atoms in total. The fourth-order valence-corrected chi connectivity index (χ4v) is 2.98. The number of aromatic nitrogens is 2. The van der Waals surface area contributed by atoms with Crippen LogP contribution in [0.2, 0.25) is 0 Å². The summed E-state index contributed by atoms with van der Waals surface area (Å²) in [5, 5.41) is 9.38. The molecule has 0 saturated carbocycles. The molecule has 0 aliphatic carbocycles. The summed E-state index contributed by atoms with van der Waals surface area (Å²) >= 11 is 0. The summed E-state index contributed by atoms with van der Waals surface area (Å²) in [6.07, 6.45) is -0.776. The lowest BCUT2D eigenvalue weighted by atomic mass is 10.2. The summed E-state index contributed by atoms with van der Waals surface area (Å²) in [5.41, 5.74) is 0.822. The minimum absolute atomic E-state index is 0.114. The summed E-state index contributed by atoms with van der Waals surface area (Å²) in [5.74, 6) is 0.597. The van der Waals surface area contributed by atoms with Crippen LogP contribution in [0.25, 0.3) is 10.9 Å². The van der Waals surface area contributed by atoms with Gasteiger partial charge in [0, 0.05) is 13.7 Å². The van der Waals surface area contributed by atoms with E-state index < -0.39 is 6.10 Å². The van der Waals surface area contributed by atoms with E-state index in [1.54, 1.807) is 62.6 Å². The summed E-state index contributed by atoms with van der Waals surface area (Å²) in [6.45, 7) is 2.40. The van der Waals surface area contributed by atoms with Crippen LogP contribution in [0.1, 0.15) is 18.3 Å². The lowest BCUT2D eigenvalue weighted by molar-refractivity contribution is -0.139. The molecule has 1 unspecified atom stereocenters. The van der Waals surface area contributed by atoms with Crippen molar-refractivity contribution in [1.82, 2.24) is 14.9 Å². The van der Waals surface area contributed by atoms with Crippen molar-refractivity contribution in [3.8, 4) is 11.8 Å². The number of ether oxygens (including phenoxy) is 2. The topological polar surface area (TPSA) is 108 Å². The summed E-state index contributed by atoms with van der Waals surface area (Å²) in [7, 11) is 1.55. The first-order chi connectivity index (χ1) is 14.5. The number of H-pyrrole nitrogens is 1. The second-order valence-corrected chi connectivity index (χ2v) is 6.68. The minimum atomic E-state index is -0.776. The quantitative estimate of drug-likeness (QED) is 0.615. The first kappa shape index (κ1) is 21.0. The molecule has 2 aromatic carbocycles. The molecule has 0 bridgehead atoms. The third kappa shape index (κ3) is 5.01. The van der Waals surface area contributed by atoms with Crippen LogP contribution in [-0.2, 0) is 16.1 Å². The Labute approximate surface area is 173 Å². The molecule has 154 valence electrons. The van der Waals surface area contributed by atoms with Gasteiger partial charge in [0.05, 0.1) is 35.7 Å². The van der Waals surface area contributed by atoms with Crippen LogP contribution in [0.4, 0.5) is 0 Å². The van der Waals surface area contributed by atoms with E-state index in [0.29, 0.717) is 41.2 Å². The van der Waals surface area contributed by atoms with E-state index in [2.05, 4.69) is 9.97 Å². The Morgan fingerprint density at radius 3 is 2.67 bits per heavy atom. The first-order valence-corrected chi connectivity index (χ1v) is 9.44. The zero-order chi connectivity index (χ0) is 21.5. The smallest absolute Gasteiger partial charge is 0.263 e. The van der Waals surface area contributed by atoms with Crippen LogP contribution in [0.3, 0.4) is 0 Å². The van der Waals surface area contributed by atoms with Gasteiger partial charge in [-0.3, -0.25) is 9.59 Å². The summed E-state index contributed by atoms with van der Waals surface area (Å²) < 4.78 is 10.9. The molecular formula is C22H22N4O4. The highest BCUT2D eigenvalue weighted by atomic mass is 16.5. The fraction of sp³-hybridized carbons (Fsp3) is 0.273. The van der Waals surface area contributed by atoms with E-state index in [4.69, 9.17) is 14.7 Å². The molecule has 0 aliphatic heterocycles. The van der Waals surface area contributed by atoms with Crippen LogP contribution < -0.4 is 10.3 Å². The van der Waals surface area contributed by atoms with Crippen molar-refractivity contribution < 1.29 is 14.3 Å². The number of amides is 1. The third-order valence-corrected chi connectivity index (χ3v) is 4.52. The van der Waals surface area contributed by atoms with Crippen LogP contribution in [-0.4, -0.2) is 47.1 Å². The van der Waals surface area contributed by atoms with Crippen LogP contribution in [0.5, 0.6) is 5.75 Å². The monoisotopic (exact) mass is 406 g/mol. The van der Waals surface area contributed by atoms with E-state index >= 15 is 0 Å². The Morgan fingerprint density at radius 1 is 1.23 bits per heavy atom. The second-order valence-electron chi connectivity index (χ2n) is 6.68. The number of fused-ring (bicyclic) bond motifs is 1. The molecule has 0 aliphatic rings. The van der Waals surface area contributed by atoms with Gasteiger partial charge in [-0.1, -0.05) is 12.1 Å². The molecule has 3 rings (SSSR count). The van der Waals surface area contributed by atoms with Crippen molar-refractivity contribution >= 4 is 16.8 Å². The molecule has 1 aromatic heterocycles. The Bertz CT molecular complexity index is 1120. The minimum Gasteiger partial charge on any atom is -0.481 e. The zero-order valence-electron chi connectivity index (χ0n) is 16.8. The number of nitrogens with one attached hydrogen (secondary N) is 1. The SMILES string of the molecule is COCCN(Cc1nc2ccccc2c(=O)[nH]1)C(=O)C(C)Oc1ccc(C#N)cc1. The van der Waals surface area contributed by atoms with Gasteiger partial charge in [0.25, 0.3) is 11.5 Å². The number of nitriles is 1. The van der Waals surface area contributed by atoms with Crippen molar-refractivity contribution in [2.24, 2.45) is 0 Å². The normalized spacial score (nSPS) is 11.6. The predicted molar refractivity (Wildman–Crippen MR) is 111 cm³/mol. The molecule has 1 heterocycles. The van der Waals surface area contributed by atoms with E-state index in [0.717, 1.165) is 0 Å². The van der Waals surface area contributed by atoms with Crippen LogP contribution in [0.15, 0.2) is 53.3 Å². The highest BCUT2D eigenvalue weighted by Crippen LogP contribution is 2.15. The van der Waals surface area contributed by atoms with Crippen molar-refractivity contribution in [2.45, 2.75) is 19.6 Å². The molecule has 8 heteroatoms. The average molecular weight is 406 g/mol. The van der Waals surface area contributed by atoms with Gasteiger partial charge in [0.15, 0.2) is 6.10 Å². The van der Waals surface area contributed by atoms with Crippen LogP contribution in [0, 0.1) is 11.3 Å². The zero-order valence-corrected chi connectivity index (χ0v) is 16.8. The lowest BCUT2D eigenvalue weighted by Gasteiger charge is -2.25. The number of benzene rings is 2. The number of carbonyl (C=O) groups excluding carboxylic acids is 1. The number of para-hydroxylation sites is 1. The fourth-order valence-electron chi connectivity index (χ4n) is 2.98. The number of methoxy groups -OCH3 is 1. The lowest BCUT2D eigenvalue weighted by Crippen LogP contribution is -2.42. The van der Waals surface area contributed by atoms with E-state index in [9.17, 15) is 9.59 Å². The van der Waals surface area contributed by atoms with E-state index in [1.165, 1.54) is 4.90 Å². The first-order valence-electron chi connectivity index (χ1n) is 9.44. The summed E-state index contributed by atoms with van der Waals surface area (Å²) in [4.78, 5) is 34.1. The Morgan fingerprint density at radius 2 is 1.97 bits per heavy atom. The molecule has 3 aromatic rings.